The van der Waals surface area contributed by atoms with E-state index >= 15 is 0 Å². The van der Waals surface area contributed by atoms with Gasteiger partial charge in [0, 0.05) is 41.6 Å². The molecule has 2 rings (SSSR count). The monoisotopic (exact) mass is 284 g/mol. The molecule has 0 saturated heterocycles. The molecule has 0 aliphatic heterocycles. The number of nitrogens with one attached hydrogen (secondary N) is 1. The molecule has 0 unspecified atom stereocenters. The lowest BCUT2D eigenvalue weighted by Gasteiger charge is -2.09. The van der Waals surface area contributed by atoms with Crippen LogP contribution in [0, 0.1) is 11.3 Å². The van der Waals surface area contributed by atoms with Crippen LogP contribution in [0.2, 0.25) is 0 Å². The Bertz CT molecular complexity index is 665. The van der Waals surface area contributed by atoms with E-state index < -0.39 is 0 Å². The molecule has 0 saturated carbocycles. The summed E-state index contributed by atoms with van der Waals surface area (Å²) in [5.74, 6) is 0.572. The maximum Gasteiger partial charge on any atom is 0.0489 e. The molecule has 0 fully saturated rings. The fourth-order valence-corrected chi connectivity index (χ4v) is 2.67. The molecule has 0 aliphatic rings. The Morgan fingerprint density at radius 2 is 2.14 bits per heavy atom. The van der Waals surface area contributed by atoms with Gasteiger partial charge in [-0.25, -0.2) is 0 Å². The second-order valence-corrected chi connectivity index (χ2v) is 5.74. The second-order valence-electron chi connectivity index (χ2n) is 5.74. The summed E-state index contributed by atoms with van der Waals surface area (Å²) in [7, 11) is 0. The first kappa shape index (κ1) is 15.3. The lowest BCUT2D eigenvalue weighted by molar-refractivity contribution is 0.534. The smallest absolute Gasteiger partial charge is 0.0489 e. The number of fused-ring (bicyclic) bond motifs is 1. The van der Waals surface area contributed by atoms with Crippen molar-refractivity contribution in [2.45, 2.75) is 26.8 Å². The Morgan fingerprint density at radius 1 is 1.38 bits per heavy atom. The summed E-state index contributed by atoms with van der Waals surface area (Å²) in [5, 5.41) is 8.69. The van der Waals surface area contributed by atoms with Gasteiger partial charge >= 0.3 is 0 Å². The van der Waals surface area contributed by atoms with Gasteiger partial charge in [0.15, 0.2) is 0 Å². The van der Waals surface area contributed by atoms with Crippen molar-refractivity contribution >= 4 is 22.7 Å². The van der Waals surface area contributed by atoms with Crippen molar-refractivity contribution in [3.05, 3.63) is 41.7 Å². The molecule has 4 nitrogen and oxygen atoms in total. The van der Waals surface area contributed by atoms with Gasteiger partial charge in [0.25, 0.3) is 0 Å². The maximum atomic E-state index is 7.45. The highest BCUT2D eigenvalue weighted by molar-refractivity contribution is 6.09. The van der Waals surface area contributed by atoms with Gasteiger partial charge in [-0.3, -0.25) is 0 Å². The van der Waals surface area contributed by atoms with Crippen molar-refractivity contribution in [3.63, 3.8) is 0 Å². The van der Waals surface area contributed by atoms with E-state index in [1.54, 1.807) is 0 Å². The number of rotatable bonds is 6. The van der Waals surface area contributed by atoms with Crippen molar-refractivity contribution in [1.82, 2.24) is 4.57 Å². The molecule has 1 aromatic heterocycles. The highest BCUT2D eigenvalue weighted by atomic mass is 15.0. The van der Waals surface area contributed by atoms with Crippen LogP contribution in [0.15, 0.2) is 30.6 Å². The minimum Gasteiger partial charge on any atom is -0.404 e. The lowest BCUT2D eigenvalue weighted by Crippen LogP contribution is -2.04. The van der Waals surface area contributed by atoms with Crippen molar-refractivity contribution in [1.29, 1.82) is 5.41 Å². The number of benzene rings is 1. The van der Waals surface area contributed by atoms with Gasteiger partial charge in [-0.15, -0.1) is 0 Å². The quantitative estimate of drug-likeness (QED) is 0.713. The van der Waals surface area contributed by atoms with Gasteiger partial charge in [0.1, 0.15) is 0 Å². The zero-order valence-corrected chi connectivity index (χ0v) is 12.8. The molecule has 0 amide bonds. The molecule has 112 valence electrons. The molecule has 2 aromatic rings. The van der Waals surface area contributed by atoms with Crippen LogP contribution >= 0.6 is 0 Å². The Balaban J connectivity index is 2.59. The Kier molecular flexibility index (Phi) is 4.81. The molecule has 0 aliphatic carbocycles. The summed E-state index contributed by atoms with van der Waals surface area (Å²) in [4.78, 5) is 0. The lowest BCUT2D eigenvalue weighted by atomic mass is 10.0. The van der Waals surface area contributed by atoms with Crippen molar-refractivity contribution in [3.8, 4) is 0 Å². The number of hydrogen-bond donors (Lipinski definition) is 3. The third-order valence-corrected chi connectivity index (χ3v) is 3.61. The van der Waals surface area contributed by atoms with Crippen LogP contribution in [0.4, 0.5) is 0 Å². The fraction of sp³-hybridized carbons (Fsp3) is 0.353. The number of nitrogens with zero attached hydrogens (tertiary/aromatic N) is 1. The van der Waals surface area contributed by atoms with Crippen LogP contribution in [0.25, 0.3) is 16.5 Å². The summed E-state index contributed by atoms with van der Waals surface area (Å²) in [6.07, 6.45) is 5.85. The van der Waals surface area contributed by atoms with E-state index in [4.69, 9.17) is 16.9 Å². The van der Waals surface area contributed by atoms with Crippen LogP contribution < -0.4 is 11.5 Å². The van der Waals surface area contributed by atoms with E-state index in [2.05, 4.69) is 36.7 Å². The Morgan fingerprint density at radius 3 is 2.71 bits per heavy atom. The minimum atomic E-state index is 0.572. The van der Waals surface area contributed by atoms with E-state index in [-0.39, 0.29) is 0 Å². The largest absolute Gasteiger partial charge is 0.404 e. The van der Waals surface area contributed by atoms with Crippen molar-refractivity contribution < 1.29 is 0 Å². The zero-order chi connectivity index (χ0) is 15.4. The first-order valence-electron chi connectivity index (χ1n) is 7.35. The van der Waals surface area contributed by atoms with Gasteiger partial charge in [-0.2, -0.15) is 0 Å². The molecule has 1 aromatic carbocycles. The number of hydrogen-bond acceptors (Lipinski definition) is 3. The Hall–Kier alpha value is -2.07. The molecular formula is C17H24N4. The average molecular weight is 284 g/mol. The first-order chi connectivity index (χ1) is 10.1. The van der Waals surface area contributed by atoms with E-state index in [0.29, 0.717) is 12.5 Å². The summed E-state index contributed by atoms with van der Waals surface area (Å²) in [5.41, 5.74) is 15.5. The molecule has 0 atom stereocenters. The number of allylic oxidation sites excluding steroid dienone is 1. The standard InChI is InChI=1S/C17H24N4/c1-12(2)10-21-11-14(5-6-18)16-4-3-13(7-17(16)21)15(8-19)9-20/h3-4,7-9,11-12,19H,5-6,10,18,20H2,1-2H3/b15-9+,19-8?. The number of aromatic nitrogens is 1. The molecule has 1 heterocycles. The van der Waals surface area contributed by atoms with Gasteiger partial charge in [-0.1, -0.05) is 26.0 Å². The van der Waals surface area contributed by atoms with Crippen LogP contribution in [0.5, 0.6) is 0 Å². The predicted molar refractivity (Wildman–Crippen MR) is 90.5 cm³/mol. The predicted octanol–water partition coefficient (Wildman–Crippen LogP) is 2.75. The van der Waals surface area contributed by atoms with Crippen LogP contribution in [-0.2, 0) is 13.0 Å². The summed E-state index contributed by atoms with van der Waals surface area (Å²) < 4.78 is 2.28. The van der Waals surface area contributed by atoms with Gasteiger partial charge in [0.2, 0.25) is 0 Å². The highest BCUT2D eigenvalue weighted by Crippen LogP contribution is 2.26. The average Bonchev–Trinajstić information content (AvgIpc) is 2.78. The molecule has 0 spiro atoms. The molecule has 4 heteroatoms. The van der Waals surface area contributed by atoms with Crippen LogP contribution in [-0.4, -0.2) is 17.3 Å². The van der Waals surface area contributed by atoms with Crippen molar-refractivity contribution in [2.24, 2.45) is 17.4 Å². The van der Waals surface area contributed by atoms with Gasteiger partial charge < -0.3 is 21.4 Å². The molecular weight excluding hydrogens is 260 g/mol. The topological polar surface area (TPSA) is 80.8 Å². The third kappa shape index (κ3) is 3.16. The molecule has 0 radical (unpaired) electrons. The maximum absolute atomic E-state index is 7.45. The van der Waals surface area contributed by atoms with Crippen LogP contribution in [0.3, 0.4) is 0 Å². The van der Waals surface area contributed by atoms with E-state index in [9.17, 15) is 0 Å². The van der Waals surface area contributed by atoms with E-state index in [1.165, 1.54) is 28.9 Å². The fourth-order valence-electron chi connectivity index (χ4n) is 2.67. The van der Waals surface area contributed by atoms with E-state index in [1.807, 2.05) is 6.07 Å². The normalized spacial score (nSPS) is 12.3. The number of nitrogens with two attached hydrogens (primary N) is 2. The van der Waals surface area contributed by atoms with Crippen molar-refractivity contribution in [2.75, 3.05) is 6.54 Å². The molecule has 21 heavy (non-hydrogen) atoms. The summed E-state index contributed by atoms with van der Waals surface area (Å²) in [6, 6.07) is 6.24. The van der Waals surface area contributed by atoms with Crippen LogP contribution in [0.1, 0.15) is 25.0 Å². The zero-order valence-electron chi connectivity index (χ0n) is 12.8. The van der Waals surface area contributed by atoms with Gasteiger partial charge in [0.05, 0.1) is 0 Å². The second kappa shape index (κ2) is 6.59. The molecule has 5 N–H and O–H groups in total. The first-order valence-corrected chi connectivity index (χ1v) is 7.35. The SMILES string of the molecule is CC(C)Cn1cc(CCN)c2ccc(/C(C=N)=C/N)cc21. The van der Waals surface area contributed by atoms with Gasteiger partial charge in [-0.05, 0) is 36.1 Å². The third-order valence-electron chi connectivity index (χ3n) is 3.61. The summed E-state index contributed by atoms with van der Waals surface area (Å²) in [6.45, 7) is 6.04. The molecule has 0 bridgehead atoms. The highest BCUT2D eigenvalue weighted by Gasteiger charge is 2.11. The summed E-state index contributed by atoms with van der Waals surface area (Å²) >= 11 is 0. The minimum absolute atomic E-state index is 0.572. The Labute approximate surface area is 125 Å². The van der Waals surface area contributed by atoms with E-state index in [0.717, 1.165) is 24.1 Å².